The second-order valence-electron chi connectivity index (χ2n) is 9.22. The highest BCUT2D eigenvalue weighted by atomic mass is 16.2. The molecule has 2 aliphatic rings. The number of fused-ring (bicyclic) bond motifs is 1. The lowest BCUT2D eigenvalue weighted by Crippen LogP contribution is -2.38. The van der Waals surface area contributed by atoms with E-state index in [-0.39, 0.29) is 23.7 Å². The number of piperidine rings is 1. The molecule has 0 radical (unpaired) electrons. The summed E-state index contributed by atoms with van der Waals surface area (Å²) in [5.74, 6) is 0.103. The minimum atomic E-state index is -0.190. The summed E-state index contributed by atoms with van der Waals surface area (Å²) in [7, 11) is 0. The fourth-order valence-electron chi connectivity index (χ4n) is 5.16. The molecular weight excluding hydrogens is 416 g/mol. The molecule has 5 rings (SSSR count). The van der Waals surface area contributed by atoms with Gasteiger partial charge in [0, 0.05) is 48.8 Å². The van der Waals surface area contributed by atoms with Gasteiger partial charge in [0.2, 0.25) is 5.91 Å². The Labute approximate surface area is 193 Å². The number of nitrogens with two attached hydrogens (primary N) is 1. The number of carbonyl (C=O) groups excluding carboxylic acids is 2. The van der Waals surface area contributed by atoms with Crippen LogP contribution < -0.4 is 5.73 Å². The minimum Gasteiger partial charge on any atom is -0.369 e. The van der Waals surface area contributed by atoms with Crippen LogP contribution in [0.3, 0.4) is 0 Å². The fourth-order valence-corrected chi connectivity index (χ4v) is 5.16. The highest BCUT2D eigenvalue weighted by molar-refractivity contribution is 5.94. The van der Waals surface area contributed by atoms with Crippen molar-refractivity contribution in [2.75, 3.05) is 26.2 Å². The van der Waals surface area contributed by atoms with Gasteiger partial charge < -0.3 is 10.6 Å². The third-order valence-corrected chi connectivity index (χ3v) is 7.13. The second kappa shape index (κ2) is 8.94. The number of likely N-dealkylation sites (tertiary alicyclic amines) is 2. The number of benzene rings is 1. The van der Waals surface area contributed by atoms with E-state index in [1.54, 1.807) is 0 Å². The molecule has 2 N–H and O–H groups in total. The lowest BCUT2D eigenvalue weighted by molar-refractivity contribution is -0.123. The van der Waals surface area contributed by atoms with Crippen molar-refractivity contribution in [3.05, 3.63) is 65.1 Å². The topological polar surface area (TPSA) is 96.8 Å². The zero-order valence-electron chi connectivity index (χ0n) is 19.0. The van der Waals surface area contributed by atoms with Crippen molar-refractivity contribution in [3.8, 4) is 0 Å². The molecule has 2 amide bonds. The van der Waals surface area contributed by atoms with Crippen LogP contribution in [0.25, 0.3) is 5.65 Å². The molecule has 3 aromatic rings. The van der Waals surface area contributed by atoms with E-state index in [9.17, 15) is 9.59 Å². The molecule has 172 valence electrons. The van der Waals surface area contributed by atoms with Crippen molar-refractivity contribution < 1.29 is 9.59 Å². The Bertz CT molecular complexity index is 1170. The molecule has 33 heavy (non-hydrogen) atoms. The molecular formula is C25H30N6O2. The molecule has 2 saturated heterocycles. The average molecular weight is 447 g/mol. The monoisotopic (exact) mass is 446 g/mol. The lowest BCUT2D eigenvalue weighted by atomic mass is 9.96. The Hall–Kier alpha value is -3.26. The van der Waals surface area contributed by atoms with Crippen LogP contribution in [0, 0.1) is 12.8 Å². The van der Waals surface area contributed by atoms with Crippen molar-refractivity contribution in [3.63, 3.8) is 0 Å². The van der Waals surface area contributed by atoms with E-state index in [1.807, 2.05) is 58.9 Å². The summed E-state index contributed by atoms with van der Waals surface area (Å²) < 4.78 is 1.97. The van der Waals surface area contributed by atoms with Gasteiger partial charge >= 0.3 is 0 Å². The number of hydrogen-bond donors (Lipinski definition) is 1. The van der Waals surface area contributed by atoms with E-state index in [4.69, 9.17) is 10.8 Å². The summed E-state index contributed by atoms with van der Waals surface area (Å²) in [6.07, 6.45) is 4.38. The molecule has 1 atom stereocenters. The first kappa shape index (κ1) is 21.6. The maximum atomic E-state index is 12.9. The van der Waals surface area contributed by atoms with Crippen molar-refractivity contribution in [2.45, 2.75) is 38.6 Å². The van der Waals surface area contributed by atoms with Gasteiger partial charge in [0.25, 0.3) is 5.91 Å². The van der Waals surface area contributed by atoms with E-state index in [0.29, 0.717) is 6.54 Å². The molecule has 2 aromatic heterocycles. The predicted octanol–water partition coefficient (Wildman–Crippen LogP) is 2.36. The van der Waals surface area contributed by atoms with Crippen LogP contribution in [-0.2, 0) is 11.3 Å². The number of nitrogens with zero attached hydrogens (tertiary/aromatic N) is 5. The van der Waals surface area contributed by atoms with Crippen LogP contribution in [0.15, 0.2) is 42.6 Å². The van der Waals surface area contributed by atoms with Gasteiger partial charge in [-0.05, 0) is 57.5 Å². The summed E-state index contributed by atoms with van der Waals surface area (Å²) in [6, 6.07) is 11.5. The number of aromatic nitrogens is 3. The Morgan fingerprint density at radius 2 is 1.82 bits per heavy atom. The van der Waals surface area contributed by atoms with E-state index in [1.165, 1.54) is 0 Å². The standard InChI is InChI=1S/C25H30N6O2/c1-17-21(16-29-12-8-18(9-13-29)23(26)32)24-27-11-7-22(31(24)28-17)20-10-14-30(15-20)25(33)19-5-3-2-4-6-19/h2-7,11,18,20H,8-10,12-16H2,1H3,(H2,26,32)/t20-/m0/s1. The smallest absolute Gasteiger partial charge is 0.253 e. The van der Waals surface area contributed by atoms with Gasteiger partial charge in [-0.15, -0.1) is 0 Å². The quantitative estimate of drug-likeness (QED) is 0.649. The summed E-state index contributed by atoms with van der Waals surface area (Å²) in [5.41, 5.74) is 10.3. The van der Waals surface area contributed by atoms with Crippen LogP contribution in [0.5, 0.6) is 0 Å². The Morgan fingerprint density at radius 3 is 2.55 bits per heavy atom. The van der Waals surface area contributed by atoms with Gasteiger partial charge in [0.05, 0.1) is 11.4 Å². The van der Waals surface area contributed by atoms with Crippen LogP contribution in [-0.4, -0.2) is 62.4 Å². The SMILES string of the molecule is Cc1nn2c([C@H]3CCN(C(=O)c4ccccc4)C3)ccnc2c1CN1CCC(C(N)=O)CC1. The predicted molar refractivity (Wildman–Crippen MR) is 125 cm³/mol. The summed E-state index contributed by atoms with van der Waals surface area (Å²) in [4.78, 5) is 33.3. The van der Waals surface area contributed by atoms with E-state index in [0.717, 1.165) is 73.6 Å². The maximum Gasteiger partial charge on any atom is 0.253 e. The van der Waals surface area contributed by atoms with Crippen molar-refractivity contribution in [2.24, 2.45) is 11.7 Å². The summed E-state index contributed by atoms with van der Waals surface area (Å²) >= 11 is 0. The molecule has 8 heteroatoms. The van der Waals surface area contributed by atoms with Gasteiger partial charge in [-0.3, -0.25) is 14.5 Å². The van der Waals surface area contributed by atoms with Crippen molar-refractivity contribution in [1.29, 1.82) is 0 Å². The first-order valence-electron chi connectivity index (χ1n) is 11.7. The molecule has 0 unspecified atom stereocenters. The number of rotatable bonds is 5. The van der Waals surface area contributed by atoms with Crippen LogP contribution in [0.2, 0.25) is 0 Å². The molecule has 0 bridgehead atoms. The summed E-state index contributed by atoms with van der Waals surface area (Å²) in [6.45, 7) is 5.92. The number of primary amides is 1. The molecule has 0 saturated carbocycles. The first-order valence-corrected chi connectivity index (χ1v) is 11.7. The molecule has 4 heterocycles. The van der Waals surface area contributed by atoms with Gasteiger partial charge in [0.15, 0.2) is 5.65 Å². The first-order chi connectivity index (χ1) is 16.0. The zero-order valence-corrected chi connectivity index (χ0v) is 19.0. The van der Waals surface area contributed by atoms with Gasteiger partial charge in [-0.2, -0.15) is 5.10 Å². The molecule has 0 aliphatic carbocycles. The minimum absolute atomic E-state index is 0.0140. The second-order valence-corrected chi connectivity index (χ2v) is 9.22. The van der Waals surface area contributed by atoms with Crippen molar-refractivity contribution in [1.82, 2.24) is 24.4 Å². The molecule has 8 nitrogen and oxygen atoms in total. The number of aryl methyl sites for hydroxylation is 1. The highest BCUT2D eigenvalue weighted by Gasteiger charge is 2.31. The van der Waals surface area contributed by atoms with E-state index < -0.39 is 0 Å². The number of carbonyl (C=O) groups is 2. The van der Waals surface area contributed by atoms with Gasteiger partial charge in [0.1, 0.15) is 0 Å². The third-order valence-electron chi connectivity index (χ3n) is 7.13. The number of hydrogen-bond acceptors (Lipinski definition) is 5. The highest BCUT2D eigenvalue weighted by Crippen LogP contribution is 2.30. The zero-order chi connectivity index (χ0) is 22.9. The van der Waals surface area contributed by atoms with Gasteiger partial charge in [-0.25, -0.2) is 9.50 Å². The van der Waals surface area contributed by atoms with Crippen LogP contribution in [0.1, 0.15) is 52.5 Å². The average Bonchev–Trinajstić information content (AvgIpc) is 3.44. The van der Waals surface area contributed by atoms with Crippen LogP contribution >= 0.6 is 0 Å². The van der Waals surface area contributed by atoms with Crippen LogP contribution in [0.4, 0.5) is 0 Å². The third kappa shape index (κ3) is 4.23. The number of amides is 2. The summed E-state index contributed by atoms with van der Waals surface area (Å²) in [5, 5.41) is 4.84. The molecule has 2 fully saturated rings. The Balaban J connectivity index is 1.33. The molecule has 0 spiro atoms. The van der Waals surface area contributed by atoms with Gasteiger partial charge in [-0.1, -0.05) is 18.2 Å². The Kier molecular flexibility index (Phi) is 5.85. The largest absolute Gasteiger partial charge is 0.369 e. The van der Waals surface area contributed by atoms with E-state index in [2.05, 4.69) is 9.88 Å². The molecule has 2 aliphatic heterocycles. The molecule has 1 aromatic carbocycles. The normalized spacial score (nSPS) is 19.9. The van der Waals surface area contributed by atoms with Crippen molar-refractivity contribution >= 4 is 17.5 Å². The fraction of sp³-hybridized carbons (Fsp3) is 0.440. The van der Waals surface area contributed by atoms with E-state index >= 15 is 0 Å². The Morgan fingerprint density at radius 1 is 1.06 bits per heavy atom. The maximum absolute atomic E-state index is 12.9. The lowest BCUT2D eigenvalue weighted by Gasteiger charge is -2.30.